The molecule has 5 heteroatoms. The molecule has 0 fully saturated rings. The molecule has 1 aromatic carbocycles. The van der Waals surface area contributed by atoms with Gasteiger partial charge < -0.3 is 10.1 Å². The summed E-state index contributed by atoms with van der Waals surface area (Å²) in [7, 11) is 1.37. The van der Waals surface area contributed by atoms with Gasteiger partial charge in [-0.3, -0.25) is 9.59 Å². The van der Waals surface area contributed by atoms with E-state index in [1.54, 1.807) is 0 Å². The molecule has 0 aliphatic rings. The molecule has 4 nitrogen and oxygen atoms in total. The number of carbonyl (C=O) groups is 2. The van der Waals surface area contributed by atoms with Crippen molar-refractivity contribution >= 4 is 23.6 Å². The largest absolute Gasteiger partial charge is 0.468 e. The topological polar surface area (TPSA) is 55.4 Å². The van der Waals surface area contributed by atoms with Gasteiger partial charge in [-0.25, -0.2) is 0 Å². The van der Waals surface area contributed by atoms with Gasteiger partial charge >= 0.3 is 5.97 Å². The van der Waals surface area contributed by atoms with Crippen molar-refractivity contribution in [2.45, 2.75) is 46.1 Å². The van der Waals surface area contributed by atoms with E-state index in [4.69, 9.17) is 0 Å². The Labute approximate surface area is 149 Å². The molecule has 0 aliphatic carbocycles. The average Bonchev–Trinajstić information content (AvgIpc) is 2.56. The second kappa shape index (κ2) is 10.4. The molecular formula is C19H29NO3S. The van der Waals surface area contributed by atoms with Gasteiger partial charge in [0.15, 0.2) is 0 Å². The van der Waals surface area contributed by atoms with Gasteiger partial charge in [-0.2, -0.15) is 0 Å². The lowest BCUT2D eigenvalue weighted by Crippen LogP contribution is -2.32. The van der Waals surface area contributed by atoms with Crippen LogP contribution in [0, 0.1) is 5.92 Å². The van der Waals surface area contributed by atoms with Crippen LogP contribution >= 0.6 is 11.8 Å². The highest BCUT2D eigenvalue weighted by atomic mass is 32.2. The van der Waals surface area contributed by atoms with E-state index in [1.165, 1.54) is 24.4 Å². The first-order valence-electron chi connectivity index (χ1n) is 8.39. The lowest BCUT2D eigenvalue weighted by molar-refractivity contribution is -0.137. The molecule has 0 aliphatic heterocycles. The zero-order valence-electron chi connectivity index (χ0n) is 15.3. The normalized spacial score (nSPS) is 12.3. The SMILES string of the molecule is COC(=O)CSCCC(=O)NC(c1ccc(C(C)C)cc1)C(C)C. The van der Waals surface area contributed by atoms with Gasteiger partial charge in [0.1, 0.15) is 0 Å². The number of rotatable bonds is 9. The first-order chi connectivity index (χ1) is 11.3. The molecule has 0 radical (unpaired) electrons. The summed E-state index contributed by atoms with van der Waals surface area (Å²) in [6.07, 6.45) is 0.398. The van der Waals surface area contributed by atoms with Crippen molar-refractivity contribution in [2.24, 2.45) is 5.92 Å². The van der Waals surface area contributed by atoms with Crippen LogP contribution in [0.4, 0.5) is 0 Å². The molecule has 134 valence electrons. The lowest BCUT2D eigenvalue weighted by Gasteiger charge is -2.23. The van der Waals surface area contributed by atoms with Crippen LogP contribution < -0.4 is 5.32 Å². The van der Waals surface area contributed by atoms with Crippen molar-refractivity contribution < 1.29 is 14.3 Å². The van der Waals surface area contributed by atoms with Crippen LogP contribution in [0.25, 0.3) is 0 Å². The first-order valence-corrected chi connectivity index (χ1v) is 9.54. The summed E-state index contributed by atoms with van der Waals surface area (Å²) >= 11 is 1.42. The maximum absolute atomic E-state index is 12.2. The highest BCUT2D eigenvalue weighted by Crippen LogP contribution is 2.24. The predicted octanol–water partition coefficient (Wildman–Crippen LogP) is 3.92. The molecule has 0 bridgehead atoms. The summed E-state index contributed by atoms with van der Waals surface area (Å²) in [6.45, 7) is 8.55. The number of esters is 1. The zero-order chi connectivity index (χ0) is 18.1. The van der Waals surface area contributed by atoms with Crippen LogP contribution in [0.5, 0.6) is 0 Å². The third-order valence-electron chi connectivity index (χ3n) is 3.87. The second-order valence-corrected chi connectivity index (χ2v) is 7.59. The Hall–Kier alpha value is -1.49. The van der Waals surface area contributed by atoms with Gasteiger partial charge in [0.25, 0.3) is 0 Å². The molecule has 0 spiro atoms. The second-order valence-electron chi connectivity index (χ2n) is 6.49. The monoisotopic (exact) mass is 351 g/mol. The number of ether oxygens (including phenoxy) is 1. The highest BCUT2D eigenvalue weighted by Gasteiger charge is 2.18. The molecule has 1 atom stereocenters. The van der Waals surface area contributed by atoms with E-state index in [0.29, 0.717) is 24.0 Å². The molecule has 0 saturated carbocycles. The summed E-state index contributed by atoms with van der Waals surface area (Å²) in [5.41, 5.74) is 2.43. The molecule has 1 unspecified atom stereocenters. The Kier molecular flexibility index (Phi) is 8.90. The van der Waals surface area contributed by atoms with Crippen molar-refractivity contribution in [2.75, 3.05) is 18.6 Å². The molecule has 0 saturated heterocycles. The van der Waals surface area contributed by atoms with Crippen molar-refractivity contribution in [3.63, 3.8) is 0 Å². The average molecular weight is 352 g/mol. The fraction of sp³-hybridized carbons (Fsp3) is 0.579. The third kappa shape index (κ3) is 6.95. The number of methoxy groups -OCH3 is 1. The van der Waals surface area contributed by atoms with E-state index >= 15 is 0 Å². The maximum atomic E-state index is 12.2. The summed E-state index contributed by atoms with van der Waals surface area (Å²) < 4.78 is 4.58. The van der Waals surface area contributed by atoms with Crippen LogP contribution in [0.2, 0.25) is 0 Å². The minimum absolute atomic E-state index is 0.00400. The zero-order valence-corrected chi connectivity index (χ0v) is 16.1. The molecule has 1 aromatic rings. The smallest absolute Gasteiger partial charge is 0.315 e. The quantitative estimate of drug-likeness (QED) is 0.541. The van der Waals surface area contributed by atoms with Gasteiger partial charge in [-0.05, 0) is 23.0 Å². The van der Waals surface area contributed by atoms with E-state index in [9.17, 15) is 9.59 Å². The molecule has 1 N–H and O–H groups in total. The van der Waals surface area contributed by atoms with Crippen LogP contribution in [0.1, 0.15) is 57.2 Å². The van der Waals surface area contributed by atoms with E-state index in [1.807, 2.05) is 0 Å². The Morgan fingerprint density at radius 2 is 1.67 bits per heavy atom. The first kappa shape index (κ1) is 20.6. The number of thioether (sulfide) groups is 1. The summed E-state index contributed by atoms with van der Waals surface area (Å²) in [5, 5.41) is 3.12. The highest BCUT2D eigenvalue weighted by molar-refractivity contribution is 7.99. The number of benzene rings is 1. The predicted molar refractivity (Wildman–Crippen MR) is 100 cm³/mol. The number of hydrogen-bond donors (Lipinski definition) is 1. The van der Waals surface area contributed by atoms with E-state index in [2.05, 4.69) is 62.0 Å². The summed E-state index contributed by atoms with van der Waals surface area (Å²) in [6, 6.07) is 8.48. The molecule has 1 rings (SSSR count). The third-order valence-corrected chi connectivity index (χ3v) is 4.80. The van der Waals surface area contributed by atoms with Crippen LogP contribution in [0.3, 0.4) is 0 Å². The Morgan fingerprint density at radius 3 is 2.17 bits per heavy atom. The van der Waals surface area contributed by atoms with Gasteiger partial charge in [0.2, 0.25) is 5.91 Å². The van der Waals surface area contributed by atoms with Crippen LogP contribution in [0.15, 0.2) is 24.3 Å². The number of amides is 1. The Morgan fingerprint density at radius 1 is 1.08 bits per heavy atom. The van der Waals surface area contributed by atoms with E-state index in [-0.39, 0.29) is 23.7 Å². The van der Waals surface area contributed by atoms with Crippen LogP contribution in [-0.4, -0.2) is 30.5 Å². The minimum atomic E-state index is -0.259. The van der Waals surface area contributed by atoms with Gasteiger partial charge in [-0.15, -0.1) is 11.8 Å². The molecule has 1 amide bonds. The standard InChI is InChI=1S/C19H29NO3S/c1-13(2)15-6-8-16(9-7-15)19(14(3)4)20-17(21)10-11-24-12-18(22)23-5/h6-9,13-14,19H,10-12H2,1-5H3,(H,20,21). The minimum Gasteiger partial charge on any atom is -0.468 e. The van der Waals surface area contributed by atoms with Crippen molar-refractivity contribution in [1.29, 1.82) is 0 Å². The molecule has 0 aromatic heterocycles. The van der Waals surface area contributed by atoms with E-state index < -0.39 is 0 Å². The summed E-state index contributed by atoms with van der Waals surface area (Å²) in [4.78, 5) is 23.2. The van der Waals surface area contributed by atoms with Crippen molar-refractivity contribution in [3.05, 3.63) is 35.4 Å². The maximum Gasteiger partial charge on any atom is 0.315 e. The molecule has 0 heterocycles. The fourth-order valence-electron chi connectivity index (χ4n) is 2.35. The Bertz CT molecular complexity index is 526. The van der Waals surface area contributed by atoms with Crippen molar-refractivity contribution in [3.8, 4) is 0 Å². The molecule has 24 heavy (non-hydrogen) atoms. The number of carbonyl (C=O) groups excluding carboxylic acids is 2. The van der Waals surface area contributed by atoms with Crippen molar-refractivity contribution in [1.82, 2.24) is 5.32 Å². The van der Waals surface area contributed by atoms with Crippen LogP contribution in [-0.2, 0) is 14.3 Å². The number of hydrogen-bond acceptors (Lipinski definition) is 4. The fourth-order valence-corrected chi connectivity index (χ4v) is 3.11. The van der Waals surface area contributed by atoms with Gasteiger partial charge in [-0.1, -0.05) is 52.0 Å². The summed E-state index contributed by atoms with van der Waals surface area (Å²) in [5.74, 6) is 1.45. The molecular weight excluding hydrogens is 322 g/mol. The van der Waals surface area contributed by atoms with E-state index in [0.717, 1.165) is 5.56 Å². The van der Waals surface area contributed by atoms with Gasteiger partial charge in [0.05, 0.1) is 18.9 Å². The number of nitrogens with one attached hydrogen (secondary N) is 1. The lowest BCUT2D eigenvalue weighted by atomic mass is 9.93. The Balaban J connectivity index is 2.56. The van der Waals surface area contributed by atoms with Gasteiger partial charge in [0, 0.05) is 12.2 Å².